The molecule has 0 radical (unpaired) electrons. The van der Waals surface area contributed by atoms with Crippen LogP contribution in [0.4, 0.5) is 5.69 Å². The molecule has 0 aromatic heterocycles. The van der Waals surface area contributed by atoms with Crippen LogP contribution in [0, 0.1) is 6.92 Å². The largest absolute Gasteiger partial charge is 0.469 e. The molecule has 0 heterocycles. The molecule has 1 rings (SSSR count). The van der Waals surface area contributed by atoms with Crippen molar-refractivity contribution in [2.75, 3.05) is 19.0 Å². The molecule has 0 fully saturated rings. The monoisotopic (exact) mass is 391 g/mol. The van der Waals surface area contributed by atoms with Gasteiger partial charge in [-0.2, -0.15) is 0 Å². The molecule has 112 valence electrons. The number of carbonyl (C=O) groups is 1. The number of hydrogen-bond donors (Lipinski definition) is 2. The molecule has 0 aliphatic carbocycles. The van der Waals surface area contributed by atoms with Crippen LogP contribution in [-0.4, -0.2) is 25.6 Å². The lowest BCUT2D eigenvalue weighted by Crippen LogP contribution is -2.22. The molecule has 0 spiro atoms. The van der Waals surface area contributed by atoms with Crippen LogP contribution in [-0.2, 0) is 9.53 Å². The van der Waals surface area contributed by atoms with Crippen molar-refractivity contribution in [2.45, 2.75) is 26.2 Å². The molecular formula is C14H22IN3O2. The number of benzene rings is 1. The van der Waals surface area contributed by atoms with Crippen molar-refractivity contribution in [1.29, 1.82) is 0 Å². The highest BCUT2D eigenvalue weighted by atomic mass is 127. The summed E-state index contributed by atoms with van der Waals surface area (Å²) < 4.78 is 4.56. The zero-order valence-corrected chi connectivity index (χ0v) is 14.2. The lowest BCUT2D eigenvalue weighted by Gasteiger charge is -2.06. The third-order valence-corrected chi connectivity index (χ3v) is 2.59. The van der Waals surface area contributed by atoms with Gasteiger partial charge >= 0.3 is 5.97 Å². The third-order valence-electron chi connectivity index (χ3n) is 2.59. The van der Waals surface area contributed by atoms with Crippen molar-refractivity contribution in [1.82, 2.24) is 0 Å². The van der Waals surface area contributed by atoms with Crippen LogP contribution in [0.3, 0.4) is 0 Å². The Kier molecular flexibility index (Phi) is 9.79. The summed E-state index contributed by atoms with van der Waals surface area (Å²) >= 11 is 0. The number of anilines is 1. The van der Waals surface area contributed by atoms with Crippen LogP contribution in [0.15, 0.2) is 29.3 Å². The number of nitrogens with zero attached hydrogens (tertiary/aromatic N) is 1. The number of aliphatic imine (C=N–C) groups is 1. The molecule has 0 saturated carbocycles. The molecule has 0 amide bonds. The van der Waals surface area contributed by atoms with E-state index in [9.17, 15) is 4.79 Å². The number of nitrogens with two attached hydrogens (primary N) is 1. The Morgan fingerprint density at radius 2 is 2.15 bits per heavy atom. The van der Waals surface area contributed by atoms with E-state index in [-0.39, 0.29) is 29.9 Å². The average Bonchev–Trinajstić information content (AvgIpc) is 2.38. The second-order valence-corrected chi connectivity index (χ2v) is 4.29. The molecular weight excluding hydrogens is 369 g/mol. The highest BCUT2D eigenvalue weighted by molar-refractivity contribution is 14.0. The van der Waals surface area contributed by atoms with Crippen LogP contribution in [0.25, 0.3) is 0 Å². The van der Waals surface area contributed by atoms with Crippen molar-refractivity contribution in [2.24, 2.45) is 10.7 Å². The van der Waals surface area contributed by atoms with E-state index in [4.69, 9.17) is 5.73 Å². The number of unbranched alkanes of at least 4 members (excludes halogenated alkanes) is 1. The summed E-state index contributed by atoms with van der Waals surface area (Å²) in [5.74, 6) is 0.207. The minimum absolute atomic E-state index is 0. The molecule has 0 aliphatic rings. The van der Waals surface area contributed by atoms with Crippen LogP contribution < -0.4 is 11.1 Å². The van der Waals surface area contributed by atoms with Gasteiger partial charge in [-0.1, -0.05) is 12.1 Å². The maximum absolute atomic E-state index is 10.9. The van der Waals surface area contributed by atoms with Gasteiger partial charge < -0.3 is 15.8 Å². The number of aryl methyl sites for hydroxylation is 1. The first-order chi connectivity index (χ1) is 9.11. The summed E-state index contributed by atoms with van der Waals surface area (Å²) in [7, 11) is 1.39. The Balaban J connectivity index is 0.00000361. The summed E-state index contributed by atoms with van der Waals surface area (Å²) in [6, 6.07) is 7.92. The SMILES string of the molecule is COC(=O)CCCCN=C(N)Nc1cccc(C)c1.I. The van der Waals surface area contributed by atoms with Crippen LogP contribution in [0.2, 0.25) is 0 Å². The van der Waals surface area contributed by atoms with Gasteiger partial charge in [-0.25, -0.2) is 0 Å². The first kappa shape index (κ1) is 18.7. The van der Waals surface area contributed by atoms with Gasteiger partial charge in [-0.15, -0.1) is 24.0 Å². The Labute approximate surface area is 137 Å². The smallest absolute Gasteiger partial charge is 0.305 e. The third kappa shape index (κ3) is 7.98. The zero-order chi connectivity index (χ0) is 14.1. The van der Waals surface area contributed by atoms with Gasteiger partial charge in [0, 0.05) is 18.7 Å². The number of halogens is 1. The fourth-order valence-corrected chi connectivity index (χ4v) is 1.59. The number of rotatable bonds is 6. The summed E-state index contributed by atoms with van der Waals surface area (Å²) in [6.07, 6.45) is 2.00. The standard InChI is InChI=1S/C14H21N3O2.HI/c1-11-6-5-7-12(10-11)17-14(15)16-9-4-3-8-13(18)19-2;/h5-7,10H,3-4,8-9H2,1-2H3,(H3,15,16,17);1H. The molecule has 0 atom stereocenters. The zero-order valence-electron chi connectivity index (χ0n) is 11.9. The topological polar surface area (TPSA) is 76.7 Å². The van der Waals surface area contributed by atoms with E-state index in [1.807, 2.05) is 31.2 Å². The van der Waals surface area contributed by atoms with E-state index in [0.717, 1.165) is 24.1 Å². The first-order valence-electron chi connectivity index (χ1n) is 6.32. The quantitative estimate of drug-likeness (QED) is 0.257. The van der Waals surface area contributed by atoms with Crippen molar-refractivity contribution < 1.29 is 9.53 Å². The van der Waals surface area contributed by atoms with Gasteiger partial charge in [0.2, 0.25) is 0 Å². The van der Waals surface area contributed by atoms with Crippen LogP contribution in [0.1, 0.15) is 24.8 Å². The number of nitrogens with one attached hydrogen (secondary N) is 1. The van der Waals surface area contributed by atoms with Gasteiger partial charge in [0.1, 0.15) is 0 Å². The Bertz CT molecular complexity index is 450. The number of guanidine groups is 1. The second-order valence-electron chi connectivity index (χ2n) is 4.29. The molecule has 5 nitrogen and oxygen atoms in total. The normalized spacial score (nSPS) is 10.6. The molecule has 3 N–H and O–H groups in total. The van der Waals surface area contributed by atoms with Crippen molar-refractivity contribution in [3.63, 3.8) is 0 Å². The van der Waals surface area contributed by atoms with E-state index in [1.165, 1.54) is 7.11 Å². The molecule has 6 heteroatoms. The second kappa shape index (κ2) is 10.5. The minimum Gasteiger partial charge on any atom is -0.469 e. The summed E-state index contributed by atoms with van der Waals surface area (Å²) in [5, 5.41) is 3.03. The fraction of sp³-hybridized carbons (Fsp3) is 0.429. The average molecular weight is 391 g/mol. The van der Waals surface area contributed by atoms with E-state index >= 15 is 0 Å². The Hall–Kier alpha value is -1.31. The predicted octanol–water partition coefficient (Wildman–Crippen LogP) is 2.68. The number of methoxy groups -OCH3 is 1. The molecule has 0 unspecified atom stereocenters. The molecule has 0 aliphatic heterocycles. The van der Waals surface area contributed by atoms with Crippen molar-refractivity contribution in [3.05, 3.63) is 29.8 Å². The van der Waals surface area contributed by atoms with Gasteiger partial charge in [-0.05, 0) is 37.5 Å². The predicted molar refractivity (Wildman–Crippen MR) is 92.6 cm³/mol. The maximum atomic E-state index is 10.9. The Morgan fingerprint density at radius 1 is 1.40 bits per heavy atom. The molecule has 1 aromatic rings. The highest BCUT2D eigenvalue weighted by Gasteiger charge is 1.99. The van der Waals surface area contributed by atoms with E-state index in [2.05, 4.69) is 15.0 Å². The molecule has 20 heavy (non-hydrogen) atoms. The van der Waals surface area contributed by atoms with E-state index in [1.54, 1.807) is 0 Å². The fourth-order valence-electron chi connectivity index (χ4n) is 1.59. The van der Waals surface area contributed by atoms with Crippen LogP contribution in [0.5, 0.6) is 0 Å². The van der Waals surface area contributed by atoms with Crippen LogP contribution >= 0.6 is 24.0 Å². The minimum atomic E-state index is -0.185. The summed E-state index contributed by atoms with van der Waals surface area (Å²) in [5.41, 5.74) is 7.86. The van der Waals surface area contributed by atoms with E-state index in [0.29, 0.717) is 18.9 Å². The lowest BCUT2D eigenvalue weighted by atomic mass is 10.2. The summed E-state index contributed by atoms with van der Waals surface area (Å²) in [6.45, 7) is 2.62. The number of carbonyl (C=O) groups excluding carboxylic acids is 1. The molecule has 1 aromatic carbocycles. The number of esters is 1. The van der Waals surface area contributed by atoms with E-state index < -0.39 is 0 Å². The lowest BCUT2D eigenvalue weighted by molar-refractivity contribution is -0.140. The van der Waals surface area contributed by atoms with Crippen molar-refractivity contribution in [3.8, 4) is 0 Å². The highest BCUT2D eigenvalue weighted by Crippen LogP contribution is 2.08. The maximum Gasteiger partial charge on any atom is 0.305 e. The molecule has 0 bridgehead atoms. The van der Waals surface area contributed by atoms with Gasteiger partial charge in [0.15, 0.2) is 5.96 Å². The molecule has 0 saturated heterocycles. The number of ether oxygens (including phenoxy) is 1. The van der Waals surface area contributed by atoms with Gasteiger partial charge in [-0.3, -0.25) is 9.79 Å². The van der Waals surface area contributed by atoms with Gasteiger partial charge in [0.05, 0.1) is 7.11 Å². The first-order valence-corrected chi connectivity index (χ1v) is 6.32. The number of hydrogen-bond acceptors (Lipinski definition) is 3. The Morgan fingerprint density at radius 3 is 2.80 bits per heavy atom. The van der Waals surface area contributed by atoms with Gasteiger partial charge in [0.25, 0.3) is 0 Å². The van der Waals surface area contributed by atoms with Crippen molar-refractivity contribution >= 4 is 41.6 Å². The summed E-state index contributed by atoms with van der Waals surface area (Å²) in [4.78, 5) is 15.1.